The maximum absolute atomic E-state index is 11.9. The zero-order valence-electron chi connectivity index (χ0n) is 11.7. The number of benzene rings is 1. The number of sulfonamides is 1. The predicted molar refractivity (Wildman–Crippen MR) is 81.7 cm³/mol. The van der Waals surface area contributed by atoms with Gasteiger partial charge in [-0.15, -0.1) is 0 Å². The Morgan fingerprint density at radius 1 is 1.38 bits per heavy atom. The van der Waals surface area contributed by atoms with Gasteiger partial charge in [0.25, 0.3) is 0 Å². The highest BCUT2D eigenvalue weighted by Gasteiger charge is 2.13. The molecule has 1 heterocycles. The molecule has 7 nitrogen and oxygen atoms in total. The number of aryl methyl sites for hydroxylation is 1. The average molecular weight is 310 g/mol. The van der Waals surface area contributed by atoms with E-state index in [4.69, 9.17) is 10.5 Å². The summed E-state index contributed by atoms with van der Waals surface area (Å²) in [6.07, 6.45) is 0.755. The molecule has 0 saturated heterocycles. The molecule has 0 bridgehead atoms. The molecule has 0 radical (unpaired) electrons. The number of para-hydroxylation sites is 2. The lowest BCUT2D eigenvalue weighted by atomic mass is 10.3. The van der Waals surface area contributed by atoms with Crippen molar-refractivity contribution in [1.82, 2.24) is 10.2 Å². The third kappa shape index (κ3) is 4.38. The molecule has 0 aliphatic heterocycles. The highest BCUT2D eigenvalue weighted by Crippen LogP contribution is 2.19. The fraction of sp³-hybridized carbons (Fsp3) is 0.308. The van der Waals surface area contributed by atoms with E-state index in [1.807, 2.05) is 6.92 Å². The van der Waals surface area contributed by atoms with Crippen LogP contribution >= 0.6 is 0 Å². The number of nitrogens with one attached hydrogen (secondary N) is 2. The van der Waals surface area contributed by atoms with Crippen LogP contribution in [0.4, 0.5) is 11.5 Å². The van der Waals surface area contributed by atoms with E-state index in [1.54, 1.807) is 30.3 Å². The third-order valence-corrected chi connectivity index (χ3v) is 4.02. The van der Waals surface area contributed by atoms with Crippen molar-refractivity contribution >= 4 is 21.5 Å². The SMILES string of the molecule is CCc1cc(NS(=O)(=O)CCOc2ccccc2N)n[nH]1. The van der Waals surface area contributed by atoms with E-state index in [1.165, 1.54) is 0 Å². The lowest BCUT2D eigenvalue weighted by molar-refractivity contribution is 0.343. The van der Waals surface area contributed by atoms with Crippen molar-refractivity contribution in [2.24, 2.45) is 0 Å². The van der Waals surface area contributed by atoms with Crippen LogP contribution in [0.2, 0.25) is 0 Å². The molecule has 0 atom stereocenters. The van der Waals surface area contributed by atoms with Crippen LogP contribution in [0.25, 0.3) is 0 Å². The summed E-state index contributed by atoms with van der Waals surface area (Å²) in [4.78, 5) is 0. The minimum atomic E-state index is -3.51. The van der Waals surface area contributed by atoms with Crippen LogP contribution in [-0.2, 0) is 16.4 Å². The molecule has 0 aliphatic carbocycles. The number of aromatic nitrogens is 2. The lowest BCUT2D eigenvalue weighted by Crippen LogP contribution is -2.21. The molecule has 0 amide bonds. The van der Waals surface area contributed by atoms with Crippen LogP contribution in [0, 0.1) is 0 Å². The molecule has 1 aromatic heterocycles. The van der Waals surface area contributed by atoms with Gasteiger partial charge in [-0.2, -0.15) is 5.10 Å². The Balaban J connectivity index is 1.88. The number of nitrogens with zero attached hydrogens (tertiary/aromatic N) is 1. The second-order valence-corrected chi connectivity index (χ2v) is 6.28. The molecule has 0 spiro atoms. The Kier molecular flexibility index (Phi) is 4.69. The van der Waals surface area contributed by atoms with Gasteiger partial charge in [-0.05, 0) is 18.6 Å². The van der Waals surface area contributed by atoms with Crippen molar-refractivity contribution < 1.29 is 13.2 Å². The second-order valence-electron chi connectivity index (χ2n) is 4.44. The maximum Gasteiger partial charge on any atom is 0.237 e. The number of H-pyrrole nitrogens is 1. The summed E-state index contributed by atoms with van der Waals surface area (Å²) in [7, 11) is -3.51. The highest BCUT2D eigenvalue weighted by atomic mass is 32.2. The van der Waals surface area contributed by atoms with Gasteiger partial charge in [-0.3, -0.25) is 9.82 Å². The number of anilines is 2. The number of nitrogens with two attached hydrogens (primary N) is 1. The fourth-order valence-electron chi connectivity index (χ4n) is 1.68. The van der Waals surface area contributed by atoms with Crippen molar-refractivity contribution in [2.45, 2.75) is 13.3 Å². The number of aromatic amines is 1. The van der Waals surface area contributed by atoms with E-state index < -0.39 is 10.0 Å². The van der Waals surface area contributed by atoms with Gasteiger partial charge in [0.15, 0.2) is 5.82 Å². The Morgan fingerprint density at radius 3 is 2.81 bits per heavy atom. The second kappa shape index (κ2) is 6.49. The van der Waals surface area contributed by atoms with Crippen LogP contribution in [0.5, 0.6) is 5.75 Å². The Bertz CT molecular complexity index is 697. The Morgan fingerprint density at radius 2 is 2.14 bits per heavy atom. The van der Waals surface area contributed by atoms with E-state index in [2.05, 4.69) is 14.9 Å². The summed E-state index contributed by atoms with van der Waals surface area (Å²) in [6, 6.07) is 8.60. The van der Waals surface area contributed by atoms with Crippen LogP contribution in [-0.4, -0.2) is 31.0 Å². The molecular weight excluding hydrogens is 292 g/mol. The van der Waals surface area contributed by atoms with Gasteiger partial charge >= 0.3 is 0 Å². The normalized spacial score (nSPS) is 11.3. The van der Waals surface area contributed by atoms with Crippen molar-refractivity contribution in [3.8, 4) is 5.75 Å². The van der Waals surface area contributed by atoms with Gasteiger partial charge in [0, 0.05) is 11.8 Å². The quantitative estimate of drug-likeness (QED) is 0.669. The van der Waals surface area contributed by atoms with E-state index in [0.29, 0.717) is 11.4 Å². The molecule has 2 rings (SSSR count). The topological polar surface area (TPSA) is 110 Å². The Hall–Kier alpha value is -2.22. The third-order valence-electron chi connectivity index (χ3n) is 2.80. The molecule has 4 N–H and O–H groups in total. The smallest absolute Gasteiger partial charge is 0.237 e. The van der Waals surface area contributed by atoms with E-state index >= 15 is 0 Å². The van der Waals surface area contributed by atoms with Gasteiger partial charge in [0.2, 0.25) is 10.0 Å². The van der Waals surface area contributed by atoms with Crippen molar-refractivity contribution in [3.05, 3.63) is 36.0 Å². The number of rotatable bonds is 7. The fourth-order valence-corrected chi connectivity index (χ4v) is 2.51. The summed E-state index contributed by atoms with van der Waals surface area (Å²) >= 11 is 0. The maximum atomic E-state index is 11.9. The van der Waals surface area contributed by atoms with Crippen LogP contribution < -0.4 is 15.2 Å². The van der Waals surface area contributed by atoms with Gasteiger partial charge in [0.1, 0.15) is 18.1 Å². The highest BCUT2D eigenvalue weighted by molar-refractivity contribution is 7.92. The zero-order valence-corrected chi connectivity index (χ0v) is 12.5. The average Bonchev–Trinajstić information content (AvgIpc) is 2.87. The monoisotopic (exact) mass is 310 g/mol. The summed E-state index contributed by atoms with van der Waals surface area (Å²) < 4.78 is 31.5. The van der Waals surface area contributed by atoms with Gasteiger partial charge in [0.05, 0.1) is 5.69 Å². The van der Waals surface area contributed by atoms with E-state index in [-0.39, 0.29) is 18.2 Å². The zero-order chi connectivity index (χ0) is 15.3. The summed E-state index contributed by atoms with van der Waals surface area (Å²) in [5, 5.41) is 6.62. The van der Waals surface area contributed by atoms with E-state index in [9.17, 15) is 8.42 Å². The number of nitrogen functional groups attached to an aromatic ring is 1. The minimum Gasteiger partial charge on any atom is -0.490 e. The van der Waals surface area contributed by atoms with Gasteiger partial charge in [-0.25, -0.2) is 8.42 Å². The summed E-state index contributed by atoms with van der Waals surface area (Å²) in [6.45, 7) is 1.96. The predicted octanol–water partition coefficient (Wildman–Crippen LogP) is 1.37. The van der Waals surface area contributed by atoms with Gasteiger partial charge in [-0.1, -0.05) is 19.1 Å². The van der Waals surface area contributed by atoms with Crippen molar-refractivity contribution in [2.75, 3.05) is 22.8 Å². The van der Waals surface area contributed by atoms with Crippen LogP contribution in [0.15, 0.2) is 30.3 Å². The molecule has 8 heteroatoms. The number of ether oxygens (including phenoxy) is 1. The summed E-state index contributed by atoms with van der Waals surface area (Å²) in [5.41, 5.74) is 7.04. The minimum absolute atomic E-state index is 0.00854. The van der Waals surface area contributed by atoms with E-state index in [0.717, 1.165) is 12.1 Å². The molecule has 114 valence electrons. The standard InChI is InChI=1S/C13H18N4O3S/c1-2-10-9-13(16-15-10)17-21(18,19)8-7-20-12-6-4-3-5-11(12)14/h3-6,9H,2,7-8,14H2,1H3,(H2,15,16,17). The molecule has 21 heavy (non-hydrogen) atoms. The Labute approximate surface area is 123 Å². The molecule has 0 unspecified atom stereocenters. The van der Waals surface area contributed by atoms with Crippen molar-refractivity contribution in [3.63, 3.8) is 0 Å². The van der Waals surface area contributed by atoms with Gasteiger partial charge < -0.3 is 10.5 Å². The molecule has 1 aromatic carbocycles. The van der Waals surface area contributed by atoms with Crippen LogP contribution in [0.3, 0.4) is 0 Å². The molecule has 2 aromatic rings. The van der Waals surface area contributed by atoms with Crippen molar-refractivity contribution in [1.29, 1.82) is 0 Å². The summed E-state index contributed by atoms with van der Waals surface area (Å²) in [5.74, 6) is 0.571. The number of hydrogen-bond acceptors (Lipinski definition) is 5. The lowest BCUT2D eigenvalue weighted by Gasteiger charge is -2.09. The number of hydrogen-bond donors (Lipinski definition) is 3. The first-order valence-corrected chi connectivity index (χ1v) is 8.17. The molecule has 0 saturated carbocycles. The first kappa shape index (κ1) is 15.2. The van der Waals surface area contributed by atoms with Crippen LogP contribution in [0.1, 0.15) is 12.6 Å². The first-order valence-electron chi connectivity index (χ1n) is 6.52. The largest absolute Gasteiger partial charge is 0.490 e. The first-order chi connectivity index (χ1) is 10.00. The molecular formula is C13H18N4O3S. The molecule has 0 aliphatic rings. The molecule has 0 fully saturated rings.